The van der Waals surface area contributed by atoms with Crippen LogP contribution in [0.1, 0.15) is 11.6 Å². The van der Waals surface area contributed by atoms with Crippen LogP contribution in [0.5, 0.6) is 0 Å². The molecule has 1 atom stereocenters. The van der Waals surface area contributed by atoms with Crippen molar-refractivity contribution in [3.8, 4) is 0 Å². The molecule has 0 radical (unpaired) electrons. The Bertz CT molecular complexity index is 279. The van der Waals surface area contributed by atoms with Gasteiger partial charge in [-0.25, -0.2) is 8.78 Å². The van der Waals surface area contributed by atoms with Crippen LogP contribution in [0.4, 0.5) is 8.78 Å². The number of hydrogen-bond acceptors (Lipinski definition) is 2. The molecule has 64 valence electrons. The molecular formula is C8H8F2N2. The molecule has 1 heterocycles. The highest BCUT2D eigenvalue weighted by Gasteiger charge is 2.13. The normalized spacial score (nSPS) is 12.6. The van der Waals surface area contributed by atoms with Gasteiger partial charge in [-0.2, -0.15) is 0 Å². The number of rotatable bonds is 2. The van der Waals surface area contributed by atoms with Crippen molar-refractivity contribution in [1.82, 2.24) is 4.98 Å². The van der Waals surface area contributed by atoms with E-state index >= 15 is 0 Å². The molecule has 1 unspecified atom stereocenters. The Morgan fingerprint density at radius 3 is 2.33 bits per heavy atom. The molecule has 0 aromatic carbocycles. The summed E-state index contributed by atoms with van der Waals surface area (Å²) in [5.74, 6) is -1.50. The van der Waals surface area contributed by atoms with E-state index in [0.29, 0.717) is 0 Å². The average Bonchev–Trinajstić information content (AvgIpc) is 2.03. The second-order valence-corrected chi connectivity index (χ2v) is 2.28. The molecule has 0 amide bonds. The van der Waals surface area contributed by atoms with Gasteiger partial charge in [-0.15, -0.1) is 6.58 Å². The SMILES string of the molecule is C=CC(N)c1c(F)cncc1F. The number of hydrogen-bond donors (Lipinski definition) is 1. The van der Waals surface area contributed by atoms with E-state index in [-0.39, 0.29) is 5.56 Å². The minimum absolute atomic E-state index is 0.194. The van der Waals surface area contributed by atoms with Crippen LogP contribution in [0.2, 0.25) is 0 Å². The van der Waals surface area contributed by atoms with E-state index in [1.165, 1.54) is 6.08 Å². The standard InChI is InChI=1S/C8H8F2N2/c1-2-7(11)8-5(9)3-12-4-6(8)10/h2-4,7H,1,11H2. The molecule has 0 saturated carbocycles. The van der Waals surface area contributed by atoms with E-state index in [9.17, 15) is 8.78 Å². The first-order chi connectivity index (χ1) is 5.66. The third-order valence-corrected chi connectivity index (χ3v) is 1.48. The lowest BCUT2D eigenvalue weighted by molar-refractivity contribution is 0.537. The monoisotopic (exact) mass is 170 g/mol. The van der Waals surface area contributed by atoms with Crippen molar-refractivity contribution in [1.29, 1.82) is 0 Å². The second-order valence-electron chi connectivity index (χ2n) is 2.28. The summed E-state index contributed by atoms with van der Waals surface area (Å²) < 4.78 is 25.7. The van der Waals surface area contributed by atoms with E-state index in [1.807, 2.05) is 0 Å². The van der Waals surface area contributed by atoms with E-state index in [1.54, 1.807) is 0 Å². The number of halogens is 2. The van der Waals surface area contributed by atoms with Crippen LogP contribution in [0.15, 0.2) is 25.0 Å². The van der Waals surface area contributed by atoms with Gasteiger partial charge < -0.3 is 5.73 Å². The lowest BCUT2D eigenvalue weighted by atomic mass is 10.1. The molecule has 1 aromatic rings. The zero-order valence-corrected chi connectivity index (χ0v) is 6.30. The fraction of sp³-hybridized carbons (Fsp3) is 0.125. The minimum atomic E-state index is -0.826. The van der Waals surface area contributed by atoms with Gasteiger partial charge in [0, 0.05) is 5.56 Å². The first kappa shape index (κ1) is 8.80. The summed E-state index contributed by atoms with van der Waals surface area (Å²) in [4.78, 5) is 3.32. The van der Waals surface area contributed by atoms with Gasteiger partial charge in [0.05, 0.1) is 18.4 Å². The summed E-state index contributed by atoms with van der Waals surface area (Å²) in [5, 5.41) is 0. The van der Waals surface area contributed by atoms with Crippen LogP contribution in [0, 0.1) is 11.6 Å². The number of pyridine rings is 1. The van der Waals surface area contributed by atoms with Crippen LogP contribution in [-0.4, -0.2) is 4.98 Å². The highest BCUT2D eigenvalue weighted by molar-refractivity contribution is 5.22. The lowest BCUT2D eigenvalue weighted by Gasteiger charge is -2.07. The van der Waals surface area contributed by atoms with E-state index in [4.69, 9.17) is 5.73 Å². The van der Waals surface area contributed by atoms with Gasteiger partial charge in [0.1, 0.15) is 11.6 Å². The topological polar surface area (TPSA) is 38.9 Å². The Kier molecular flexibility index (Phi) is 2.50. The predicted molar refractivity (Wildman–Crippen MR) is 41.3 cm³/mol. The first-order valence-electron chi connectivity index (χ1n) is 3.34. The van der Waals surface area contributed by atoms with Crippen molar-refractivity contribution in [3.63, 3.8) is 0 Å². The van der Waals surface area contributed by atoms with Crippen molar-refractivity contribution in [3.05, 3.63) is 42.2 Å². The third kappa shape index (κ3) is 1.48. The van der Waals surface area contributed by atoms with E-state index < -0.39 is 17.7 Å². The van der Waals surface area contributed by atoms with Crippen LogP contribution in [0.25, 0.3) is 0 Å². The quantitative estimate of drug-likeness (QED) is 0.684. The van der Waals surface area contributed by atoms with Gasteiger partial charge in [-0.05, 0) is 0 Å². The van der Waals surface area contributed by atoms with Gasteiger partial charge in [-0.1, -0.05) is 6.08 Å². The molecule has 0 saturated heterocycles. The van der Waals surface area contributed by atoms with Crippen molar-refractivity contribution >= 4 is 0 Å². The van der Waals surface area contributed by atoms with Crippen LogP contribution >= 0.6 is 0 Å². The predicted octanol–water partition coefficient (Wildman–Crippen LogP) is 1.55. The molecule has 1 aromatic heterocycles. The zero-order chi connectivity index (χ0) is 9.14. The maximum absolute atomic E-state index is 12.9. The first-order valence-corrected chi connectivity index (χ1v) is 3.34. The van der Waals surface area contributed by atoms with Crippen LogP contribution in [-0.2, 0) is 0 Å². The molecule has 4 heteroatoms. The Hall–Kier alpha value is -1.29. The molecule has 12 heavy (non-hydrogen) atoms. The number of aromatic nitrogens is 1. The Labute approximate surface area is 68.7 Å². The molecule has 0 bridgehead atoms. The molecule has 0 aliphatic heterocycles. The fourth-order valence-electron chi connectivity index (χ4n) is 0.858. The van der Waals surface area contributed by atoms with Gasteiger partial charge in [-0.3, -0.25) is 4.98 Å². The molecular weight excluding hydrogens is 162 g/mol. The average molecular weight is 170 g/mol. The zero-order valence-electron chi connectivity index (χ0n) is 6.30. The summed E-state index contributed by atoms with van der Waals surface area (Å²) in [6.45, 7) is 3.34. The second kappa shape index (κ2) is 3.40. The Morgan fingerprint density at radius 2 is 1.92 bits per heavy atom. The molecule has 2 nitrogen and oxygen atoms in total. The summed E-state index contributed by atoms with van der Waals surface area (Å²) >= 11 is 0. The van der Waals surface area contributed by atoms with Crippen molar-refractivity contribution in [2.45, 2.75) is 6.04 Å². The van der Waals surface area contributed by atoms with Crippen molar-refractivity contribution < 1.29 is 8.78 Å². The smallest absolute Gasteiger partial charge is 0.149 e. The summed E-state index contributed by atoms with van der Waals surface area (Å²) in [7, 11) is 0. The maximum atomic E-state index is 12.9. The largest absolute Gasteiger partial charge is 0.321 e. The highest BCUT2D eigenvalue weighted by Crippen LogP contribution is 2.17. The lowest BCUT2D eigenvalue weighted by Crippen LogP contribution is -2.11. The van der Waals surface area contributed by atoms with E-state index in [0.717, 1.165) is 12.4 Å². The summed E-state index contributed by atoms with van der Waals surface area (Å²) in [6, 6.07) is -0.826. The minimum Gasteiger partial charge on any atom is -0.321 e. The van der Waals surface area contributed by atoms with Gasteiger partial charge >= 0.3 is 0 Å². The molecule has 0 aliphatic carbocycles. The third-order valence-electron chi connectivity index (χ3n) is 1.48. The van der Waals surface area contributed by atoms with Gasteiger partial charge in [0.15, 0.2) is 0 Å². The molecule has 0 aliphatic rings. The maximum Gasteiger partial charge on any atom is 0.149 e. The summed E-state index contributed by atoms with van der Waals surface area (Å²) in [5.41, 5.74) is 5.18. The van der Waals surface area contributed by atoms with Gasteiger partial charge in [0.2, 0.25) is 0 Å². The molecule has 0 fully saturated rings. The molecule has 1 rings (SSSR count). The van der Waals surface area contributed by atoms with Crippen LogP contribution in [0.3, 0.4) is 0 Å². The summed E-state index contributed by atoms with van der Waals surface area (Å²) in [6.07, 6.45) is 3.10. The number of nitrogens with two attached hydrogens (primary N) is 1. The molecule has 2 N–H and O–H groups in total. The van der Waals surface area contributed by atoms with Crippen LogP contribution < -0.4 is 5.73 Å². The van der Waals surface area contributed by atoms with E-state index in [2.05, 4.69) is 11.6 Å². The number of nitrogens with zero attached hydrogens (tertiary/aromatic N) is 1. The Morgan fingerprint density at radius 1 is 1.42 bits per heavy atom. The van der Waals surface area contributed by atoms with Gasteiger partial charge in [0.25, 0.3) is 0 Å². The highest BCUT2D eigenvalue weighted by atomic mass is 19.1. The fourth-order valence-corrected chi connectivity index (χ4v) is 0.858. The van der Waals surface area contributed by atoms with Crippen molar-refractivity contribution in [2.75, 3.05) is 0 Å². The Balaban J connectivity index is 3.20. The van der Waals surface area contributed by atoms with Crippen molar-refractivity contribution in [2.24, 2.45) is 5.73 Å². The molecule has 0 spiro atoms.